The number of nitrogens with one attached hydrogen (secondary N) is 1. The van der Waals surface area contributed by atoms with Crippen molar-refractivity contribution in [2.75, 3.05) is 13.1 Å². The zero-order valence-electron chi connectivity index (χ0n) is 12.4. The highest BCUT2D eigenvalue weighted by molar-refractivity contribution is 7.89. The number of aromatic nitrogens is 2. The Bertz CT molecular complexity index is 557. The lowest BCUT2D eigenvalue weighted by atomic mass is 9.87. The van der Waals surface area contributed by atoms with Crippen molar-refractivity contribution < 1.29 is 8.42 Å². The SMILES string of the molecule is Cc1[nH]nc(CN)c1S(=O)(=O)N1CCC(C(C)C)CC1. The van der Waals surface area contributed by atoms with E-state index in [0.29, 0.717) is 36.3 Å². The number of hydrogen-bond donors (Lipinski definition) is 2. The van der Waals surface area contributed by atoms with Gasteiger partial charge >= 0.3 is 0 Å². The summed E-state index contributed by atoms with van der Waals surface area (Å²) in [5, 5.41) is 6.71. The molecule has 1 saturated heterocycles. The molecule has 0 aromatic carbocycles. The molecule has 0 saturated carbocycles. The Labute approximate surface area is 120 Å². The summed E-state index contributed by atoms with van der Waals surface area (Å²) in [6.45, 7) is 7.41. The number of aromatic amines is 1. The van der Waals surface area contributed by atoms with E-state index in [-0.39, 0.29) is 11.4 Å². The van der Waals surface area contributed by atoms with Crippen molar-refractivity contribution in [3.8, 4) is 0 Å². The maximum absolute atomic E-state index is 12.7. The first kappa shape index (κ1) is 15.5. The molecule has 2 rings (SSSR count). The van der Waals surface area contributed by atoms with Crippen LogP contribution in [0.15, 0.2) is 4.90 Å². The average Bonchev–Trinajstić information content (AvgIpc) is 2.80. The number of H-pyrrole nitrogens is 1. The largest absolute Gasteiger partial charge is 0.325 e. The maximum atomic E-state index is 12.7. The maximum Gasteiger partial charge on any atom is 0.246 e. The van der Waals surface area contributed by atoms with Gasteiger partial charge in [-0.25, -0.2) is 8.42 Å². The van der Waals surface area contributed by atoms with Crippen LogP contribution in [0.3, 0.4) is 0 Å². The van der Waals surface area contributed by atoms with Gasteiger partial charge < -0.3 is 5.73 Å². The highest BCUT2D eigenvalue weighted by atomic mass is 32.2. The van der Waals surface area contributed by atoms with Gasteiger partial charge in [-0.3, -0.25) is 5.10 Å². The summed E-state index contributed by atoms with van der Waals surface area (Å²) in [7, 11) is -3.48. The smallest absolute Gasteiger partial charge is 0.246 e. The van der Waals surface area contributed by atoms with E-state index in [0.717, 1.165) is 12.8 Å². The Hall–Kier alpha value is -0.920. The molecule has 114 valence electrons. The summed E-state index contributed by atoms with van der Waals surface area (Å²) in [5.74, 6) is 1.22. The minimum absolute atomic E-state index is 0.126. The zero-order chi connectivity index (χ0) is 14.9. The fourth-order valence-electron chi connectivity index (χ4n) is 2.86. The minimum Gasteiger partial charge on any atom is -0.325 e. The number of hydrogen-bond acceptors (Lipinski definition) is 4. The topological polar surface area (TPSA) is 92.1 Å². The van der Waals surface area contributed by atoms with Crippen LogP contribution in [0.1, 0.15) is 38.1 Å². The molecule has 3 N–H and O–H groups in total. The number of piperidine rings is 1. The van der Waals surface area contributed by atoms with Gasteiger partial charge in [0.2, 0.25) is 10.0 Å². The third kappa shape index (κ3) is 2.75. The van der Waals surface area contributed by atoms with Crippen LogP contribution in [0.25, 0.3) is 0 Å². The Balaban J connectivity index is 2.22. The van der Waals surface area contributed by atoms with Crippen LogP contribution in [0.4, 0.5) is 0 Å². The van der Waals surface area contributed by atoms with Crippen LogP contribution in [0.5, 0.6) is 0 Å². The Morgan fingerprint density at radius 2 is 2.00 bits per heavy atom. The molecule has 2 heterocycles. The molecule has 1 aliphatic rings. The number of aryl methyl sites for hydroxylation is 1. The molecule has 0 radical (unpaired) electrons. The van der Waals surface area contributed by atoms with Crippen molar-refractivity contribution >= 4 is 10.0 Å². The number of rotatable bonds is 4. The molecule has 0 spiro atoms. The summed E-state index contributed by atoms with van der Waals surface area (Å²) < 4.78 is 27.0. The molecule has 1 aromatic rings. The average molecular weight is 300 g/mol. The first-order valence-electron chi connectivity index (χ1n) is 7.12. The van der Waals surface area contributed by atoms with Gasteiger partial charge in [0.05, 0.1) is 11.4 Å². The second-order valence-corrected chi connectivity index (χ2v) is 7.69. The second kappa shape index (κ2) is 5.83. The fraction of sp³-hybridized carbons (Fsp3) is 0.769. The molecule has 0 unspecified atom stereocenters. The molecule has 0 aliphatic carbocycles. The lowest BCUT2D eigenvalue weighted by Crippen LogP contribution is -2.40. The van der Waals surface area contributed by atoms with Gasteiger partial charge in [-0.15, -0.1) is 0 Å². The quantitative estimate of drug-likeness (QED) is 0.875. The summed E-state index contributed by atoms with van der Waals surface area (Å²) >= 11 is 0. The Morgan fingerprint density at radius 1 is 1.40 bits per heavy atom. The van der Waals surface area contributed by atoms with E-state index in [1.807, 2.05) is 0 Å². The molecule has 1 aliphatic heterocycles. The number of sulfonamides is 1. The Kier molecular flexibility index (Phi) is 4.51. The molecule has 0 atom stereocenters. The van der Waals surface area contributed by atoms with E-state index in [1.54, 1.807) is 11.2 Å². The molecule has 6 nitrogen and oxygen atoms in total. The fourth-order valence-corrected chi connectivity index (χ4v) is 4.67. The summed E-state index contributed by atoms with van der Waals surface area (Å²) in [6, 6.07) is 0. The second-order valence-electron chi connectivity index (χ2n) is 5.81. The molecule has 0 bridgehead atoms. The number of nitrogens with zero attached hydrogens (tertiary/aromatic N) is 2. The van der Waals surface area contributed by atoms with E-state index in [1.165, 1.54) is 0 Å². The Morgan fingerprint density at radius 3 is 2.50 bits per heavy atom. The first-order valence-corrected chi connectivity index (χ1v) is 8.56. The van der Waals surface area contributed by atoms with Gasteiger partial charge in [0.1, 0.15) is 4.90 Å². The number of nitrogens with two attached hydrogens (primary N) is 1. The minimum atomic E-state index is -3.48. The first-order chi connectivity index (χ1) is 9.37. The van der Waals surface area contributed by atoms with Crippen LogP contribution < -0.4 is 5.73 Å². The molecule has 1 aromatic heterocycles. The van der Waals surface area contributed by atoms with Crippen LogP contribution >= 0.6 is 0 Å². The van der Waals surface area contributed by atoms with Crippen LogP contribution in [-0.2, 0) is 16.6 Å². The third-order valence-electron chi connectivity index (χ3n) is 4.19. The van der Waals surface area contributed by atoms with Gasteiger partial charge in [0, 0.05) is 19.6 Å². The van der Waals surface area contributed by atoms with Crippen molar-refractivity contribution in [2.24, 2.45) is 17.6 Å². The van der Waals surface area contributed by atoms with Crippen molar-refractivity contribution in [2.45, 2.75) is 45.1 Å². The van der Waals surface area contributed by atoms with E-state index in [9.17, 15) is 8.42 Å². The van der Waals surface area contributed by atoms with Crippen LogP contribution in [0.2, 0.25) is 0 Å². The van der Waals surface area contributed by atoms with E-state index >= 15 is 0 Å². The summed E-state index contributed by atoms with van der Waals surface area (Å²) in [5.41, 5.74) is 6.58. The molecule has 0 amide bonds. The highest BCUT2D eigenvalue weighted by Crippen LogP contribution is 2.29. The van der Waals surface area contributed by atoms with Crippen molar-refractivity contribution in [3.63, 3.8) is 0 Å². The van der Waals surface area contributed by atoms with Gasteiger partial charge in [-0.2, -0.15) is 9.40 Å². The zero-order valence-corrected chi connectivity index (χ0v) is 13.2. The molecular weight excluding hydrogens is 276 g/mol. The third-order valence-corrected chi connectivity index (χ3v) is 6.30. The highest BCUT2D eigenvalue weighted by Gasteiger charge is 2.33. The molecular formula is C13H24N4O2S. The predicted octanol–water partition coefficient (Wildman–Crippen LogP) is 1.23. The van der Waals surface area contributed by atoms with E-state index in [2.05, 4.69) is 24.0 Å². The monoisotopic (exact) mass is 300 g/mol. The van der Waals surface area contributed by atoms with E-state index < -0.39 is 10.0 Å². The van der Waals surface area contributed by atoms with Crippen LogP contribution in [0, 0.1) is 18.8 Å². The lowest BCUT2D eigenvalue weighted by Gasteiger charge is -2.33. The van der Waals surface area contributed by atoms with E-state index in [4.69, 9.17) is 5.73 Å². The van der Waals surface area contributed by atoms with Gasteiger partial charge in [-0.05, 0) is 31.6 Å². The van der Waals surface area contributed by atoms with Crippen molar-refractivity contribution in [1.29, 1.82) is 0 Å². The van der Waals surface area contributed by atoms with Crippen molar-refractivity contribution in [1.82, 2.24) is 14.5 Å². The standard InChI is InChI=1S/C13H24N4O2S/c1-9(2)11-4-6-17(7-5-11)20(18,19)13-10(3)15-16-12(13)8-14/h9,11H,4-8,14H2,1-3H3,(H,15,16). The normalized spacial score (nSPS) is 18.9. The summed E-state index contributed by atoms with van der Waals surface area (Å²) in [6.07, 6.45) is 1.84. The molecule has 7 heteroatoms. The van der Waals surface area contributed by atoms with Gasteiger partial charge in [-0.1, -0.05) is 13.8 Å². The predicted molar refractivity (Wildman–Crippen MR) is 77.5 cm³/mol. The van der Waals surface area contributed by atoms with Gasteiger partial charge in [0.25, 0.3) is 0 Å². The lowest BCUT2D eigenvalue weighted by molar-refractivity contribution is 0.226. The summed E-state index contributed by atoms with van der Waals surface area (Å²) in [4.78, 5) is 0.267. The van der Waals surface area contributed by atoms with Crippen molar-refractivity contribution in [3.05, 3.63) is 11.4 Å². The van der Waals surface area contributed by atoms with Gasteiger partial charge in [0.15, 0.2) is 0 Å². The molecule has 1 fully saturated rings. The van der Waals surface area contributed by atoms with Crippen LogP contribution in [-0.4, -0.2) is 36.0 Å². The molecule has 20 heavy (non-hydrogen) atoms.